The van der Waals surface area contributed by atoms with Gasteiger partial charge >= 0.3 is 0 Å². The molecule has 12 heavy (non-hydrogen) atoms. The first-order valence-corrected chi connectivity index (χ1v) is 4.37. The summed E-state index contributed by atoms with van der Waals surface area (Å²) in [6, 6.07) is 0. The molecule has 0 spiro atoms. The van der Waals surface area contributed by atoms with Crippen LogP contribution < -0.4 is 0 Å². The predicted molar refractivity (Wildman–Crippen MR) is 48.7 cm³/mol. The summed E-state index contributed by atoms with van der Waals surface area (Å²) in [6.07, 6.45) is -0.447. The molecule has 3 atom stereocenters. The van der Waals surface area contributed by atoms with Crippen LogP contribution in [0.4, 0.5) is 0 Å². The molecular formula is C10H18O2. The van der Waals surface area contributed by atoms with Gasteiger partial charge < -0.3 is 10.2 Å². The monoisotopic (exact) mass is 170 g/mol. The molecule has 0 heterocycles. The predicted octanol–water partition coefficient (Wildman–Crippen LogP) is 1.19. The Balaban J connectivity index is 2.63. The van der Waals surface area contributed by atoms with Crippen LogP contribution in [0.25, 0.3) is 0 Å². The van der Waals surface area contributed by atoms with Crippen LogP contribution in [0.3, 0.4) is 0 Å². The summed E-state index contributed by atoms with van der Waals surface area (Å²) >= 11 is 0. The van der Waals surface area contributed by atoms with Crippen LogP contribution in [0.5, 0.6) is 0 Å². The molecule has 0 saturated heterocycles. The Bertz CT molecular complexity index is 196. The third-order valence-electron chi connectivity index (χ3n) is 3.18. The Labute approximate surface area is 73.9 Å². The van der Waals surface area contributed by atoms with Crippen molar-refractivity contribution in [3.63, 3.8) is 0 Å². The highest BCUT2D eigenvalue weighted by atomic mass is 16.3. The van der Waals surface area contributed by atoms with Crippen molar-refractivity contribution >= 4 is 0 Å². The smallest absolute Gasteiger partial charge is 0.0781 e. The number of rotatable bonds is 3. The Morgan fingerprint density at radius 1 is 1.58 bits per heavy atom. The van der Waals surface area contributed by atoms with E-state index in [2.05, 4.69) is 20.4 Å². The second-order valence-corrected chi connectivity index (χ2v) is 4.43. The van der Waals surface area contributed by atoms with Crippen LogP contribution in [-0.4, -0.2) is 22.9 Å². The molecule has 0 amide bonds. The number of hydrogen-bond donors (Lipinski definition) is 2. The maximum absolute atomic E-state index is 9.69. The average molecular weight is 170 g/mol. The van der Waals surface area contributed by atoms with E-state index >= 15 is 0 Å². The Morgan fingerprint density at radius 3 is 2.33 bits per heavy atom. The van der Waals surface area contributed by atoms with Crippen LogP contribution >= 0.6 is 0 Å². The fourth-order valence-electron chi connectivity index (χ4n) is 2.07. The minimum atomic E-state index is -0.447. The maximum atomic E-state index is 9.69. The summed E-state index contributed by atoms with van der Waals surface area (Å²) in [4.78, 5) is 0. The SMILES string of the molecule is C=C(C)[C@H](O)[C@@H]1[C@@H](CO)C1(C)C. The molecule has 1 rings (SSSR count). The van der Waals surface area contributed by atoms with Crippen LogP contribution in [0.15, 0.2) is 12.2 Å². The molecular weight excluding hydrogens is 152 g/mol. The quantitative estimate of drug-likeness (QED) is 0.625. The Kier molecular flexibility index (Phi) is 2.32. The summed E-state index contributed by atoms with van der Waals surface area (Å²) in [5.41, 5.74) is 0.872. The van der Waals surface area contributed by atoms with E-state index < -0.39 is 6.10 Å². The lowest BCUT2D eigenvalue weighted by molar-refractivity contribution is 0.162. The molecule has 1 aliphatic carbocycles. The van der Waals surface area contributed by atoms with Gasteiger partial charge in [-0.15, -0.1) is 0 Å². The molecule has 0 unspecified atom stereocenters. The summed E-state index contributed by atoms with van der Waals surface area (Å²) < 4.78 is 0. The second kappa shape index (κ2) is 2.86. The van der Waals surface area contributed by atoms with Crippen LogP contribution in [0, 0.1) is 17.3 Å². The van der Waals surface area contributed by atoms with E-state index in [1.54, 1.807) is 0 Å². The van der Waals surface area contributed by atoms with Gasteiger partial charge in [-0.1, -0.05) is 26.0 Å². The van der Waals surface area contributed by atoms with Crippen molar-refractivity contribution in [3.8, 4) is 0 Å². The summed E-state index contributed by atoms with van der Waals surface area (Å²) in [5, 5.41) is 18.7. The van der Waals surface area contributed by atoms with Gasteiger partial charge in [0, 0.05) is 6.61 Å². The third-order valence-corrected chi connectivity index (χ3v) is 3.18. The minimum absolute atomic E-state index is 0.0765. The largest absolute Gasteiger partial charge is 0.396 e. The fraction of sp³-hybridized carbons (Fsp3) is 0.800. The maximum Gasteiger partial charge on any atom is 0.0781 e. The lowest BCUT2D eigenvalue weighted by Gasteiger charge is -2.10. The molecule has 0 radical (unpaired) electrons. The summed E-state index contributed by atoms with van der Waals surface area (Å²) in [5.74, 6) is 0.434. The molecule has 2 N–H and O–H groups in total. The van der Waals surface area contributed by atoms with Gasteiger partial charge in [0.05, 0.1) is 6.10 Å². The van der Waals surface area contributed by atoms with Crippen LogP contribution in [0.1, 0.15) is 20.8 Å². The molecule has 2 heteroatoms. The van der Waals surface area contributed by atoms with E-state index in [-0.39, 0.29) is 23.9 Å². The van der Waals surface area contributed by atoms with Crippen molar-refractivity contribution in [1.82, 2.24) is 0 Å². The van der Waals surface area contributed by atoms with E-state index in [4.69, 9.17) is 5.11 Å². The van der Waals surface area contributed by atoms with Gasteiger partial charge in [0.2, 0.25) is 0 Å². The minimum Gasteiger partial charge on any atom is -0.396 e. The third kappa shape index (κ3) is 1.29. The first-order valence-electron chi connectivity index (χ1n) is 4.37. The summed E-state index contributed by atoms with van der Waals surface area (Å²) in [7, 11) is 0. The normalized spacial score (nSPS) is 34.4. The lowest BCUT2D eigenvalue weighted by atomic mass is 10.0. The topological polar surface area (TPSA) is 40.5 Å². The second-order valence-electron chi connectivity index (χ2n) is 4.43. The van der Waals surface area contributed by atoms with Crippen molar-refractivity contribution in [2.75, 3.05) is 6.61 Å². The van der Waals surface area contributed by atoms with Crippen molar-refractivity contribution in [2.24, 2.45) is 17.3 Å². The van der Waals surface area contributed by atoms with Gasteiger partial charge in [-0.2, -0.15) is 0 Å². The zero-order chi connectivity index (χ0) is 9.52. The number of aliphatic hydroxyl groups is 2. The van der Waals surface area contributed by atoms with E-state index in [0.29, 0.717) is 0 Å². The number of aliphatic hydroxyl groups excluding tert-OH is 2. The first kappa shape index (κ1) is 9.75. The van der Waals surface area contributed by atoms with Gasteiger partial charge in [0.1, 0.15) is 0 Å². The molecule has 1 aliphatic rings. The highest BCUT2D eigenvalue weighted by Crippen LogP contribution is 2.60. The molecule has 2 nitrogen and oxygen atoms in total. The average Bonchev–Trinajstić information content (AvgIpc) is 2.50. The van der Waals surface area contributed by atoms with Crippen molar-refractivity contribution in [1.29, 1.82) is 0 Å². The molecule has 0 aromatic carbocycles. The van der Waals surface area contributed by atoms with Crippen molar-refractivity contribution < 1.29 is 10.2 Å². The molecule has 0 aromatic rings. The zero-order valence-electron chi connectivity index (χ0n) is 8.04. The van der Waals surface area contributed by atoms with Crippen LogP contribution in [-0.2, 0) is 0 Å². The van der Waals surface area contributed by atoms with E-state index in [0.717, 1.165) is 5.57 Å². The molecule has 1 fully saturated rings. The van der Waals surface area contributed by atoms with E-state index in [1.165, 1.54) is 0 Å². The molecule has 0 aromatic heterocycles. The summed E-state index contributed by atoms with van der Waals surface area (Å²) in [6.45, 7) is 9.86. The van der Waals surface area contributed by atoms with Gasteiger partial charge in [0.15, 0.2) is 0 Å². The zero-order valence-corrected chi connectivity index (χ0v) is 8.04. The van der Waals surface area contributed by atoms with Gasteiger partial charge in [0.25, 0.3) is 0 Å². The van der Waals surface area contributed by atoms with Crippen molar-refractivity contribution in [2.45, 2.75) is 26.9 Å². The van der Waals surface area contributed by atoms with Crippen molar-refractivity contribution in [3.05, 3.63) is 12.2 Å². The highest BCUT2D eigenvalue weighted by molar-refractivity contribution is 5.15. The molecule has 1 saturated carbocycles. The standard InChI is InChI=1S/C10H18O2/c1-6(2)9(12)8-7(5-11)10(8,3)4/h7-9,11-12H,1,5H2,2-4H3/t7-,8+,9+/m1/s1. The Morgan fingerprint density at radius 2 is 2.08 bits per heavy atom. The van der Waals surface area contributed by atoms with E-state index in [1.807, 2.05) is 6.92 Å². The number of hydrogen-bond acceptors (Lipinski definition) is 2. The van der Waals surface area contributed by atoms with Gasteiger partial charge in [-0.25, -0.2) is 0 Å². The Hall–Kier alpha value is -0.340. The molecule has 70 valence electrons. The lowest BCUT2D eigenvalue weighted by Crippen LogP contribution is -2.14. The van der Waals surface area contributed by atoms with Crippen LogP contribution in [0.2, 0.25) is 0 Å². The van der Waals surface area contributed by atoms with Gasteiger partial charge in [-0.3, -0.25) is 0 Å². The molecule has 0 aliphatic heterocycles. The molecule has 0 bridgehead atoms. The van der Waals surface area contributed by atoms with Gasteiger partial charge in [-0.05, 0) is 24.2 Å². The van der Waals surface area contributed by atoms with E-state index in [9.17, 15) is 5.11 Å². The fourth-order valence-corrected chi connectivity index (χ4v) is 2.07. The highest BCUT2D eigenvalue weighted by Gasteiger charge is 2.60. The first-order chi connectivity index (χ1) is 5.42.